The van der Waals surface area contributed by atoms with Crippen LogP contribution in [0.2, 0.25) is 0 Å². The van der Waals surface area contributed by atoms with Gasteiger partial charge in [-0.25, -0.2) is 0 Å². The standard InChI is InChI=1S/C20H20O2/c1-19(2)10-15(21)17-16(11-19)22-20-8-7-14(18(17)20)13-6-4-3-5-12(13)9-20/h3-8,14,18H,9-11H2,1-2H3/t14-,18-,20-/m1/s1. The summed E-state index contributed by atoms with van der Waals surface area (Å²) in [6, 6.07) is 8.63. The van der Waals surface area contributed by atoms with Crippen LogP contribution in [-0.2, 0) is 16.0 Å². The Kier molecular flexibility index (Phi) is 2.15. The van der Waals surface area contributed by atoms with E-state index < -0.39 is 0 Å². The average Bonchev–Trinajstić information content (AvgIpc) is 2.86. The van der Waals surface area contributed by atoms with Gasteiger partial charge in [0.05, 0.1) is 0 Å². The predicted octanol–water partition coefficient (Wildman–Crippen LogP) is 3.92. The van der Waals surface area contributed by atoms with Crippen LogP contribution in [0.5, 0.6) is 0 Å². The van der Waals surface area contributed by atoms with Crippen LogP contribution in [-0.4, -0.2) is 11.4 Å². The number of hydrogen-bond acceptors (Lipinski definition) is 2. The topological polar surface area (TPSA) is 26.3 Å². The van der Waals surface area contributed by atoms with Crippen molar-refractivity contribution in [3.05, 3.63) is 58.9 Å². The largest absolute Gasteiger partial charge is 0.486 e. The minimum atomic E-state index is -0.292. The highest BCUT2D eigenvalue weighted by atomic mass is 16.5. The molecule has 2 nitrogen and oxygen atoms in total. The van der Waals surface area contributed by atoms with Gasteiger partial charge in [-0.3, -0.25) is 4.79 Å². The molecule has 0 radical (unpaired) electrons. The van der Waals surface area contributed by atoms with E-state index in [4.69, 9.17) is 4.74 Å². The van der Waals surface area contributed by atoms with E-state index in [0.29, 0.717) is 18.1 Å². The maximum atomic E-state index is 12.8. The van der Waals surface area contributed by atoms with Crippen LogP contribution in [0.1, 0.15) is 43.7 Å². The van der Waals surface area contributed by atoms with E-state index in [1.165, 1.54) is 11.1 Å². The van der Waals surface area contributed by atoms with E-state index in [1.54, 1.807) is 0 Å². The molecule has 0 saturated heterocycles. The summed E-state index contributed by atoms with van der Waals surface area (Å²) in [5.41, 5.74) is 3.49. The third-order valence-electron chi connectivity index (χ3n) is 5.86. The van der Waals surface area contributed by atoms with Gasteiger partial charge in [0.25, 0.3) is 0 Å². The lowest BCUT2D eigenvalue weighted by molar-refractivity contribution is -0.118. The second kappa shape index (κ2) is 3.73. The number of Topliss-reactive ketones (excluding diaryl/α,β-unsaturated/α-hetero) is 1. The second-order valence-corrected chi connectivity index (χ2v) is 8.07. The fraction of sp³-hybridized carbons (Fsp3) is 0.450. The number of allylic oxidation sites excluding steroid dienone is 2. The van der Waals surface area contributed by atoms with Crippen LogP contribution in [0.4, 0.5) is 0 Å². The summed E-state index contributed by atoms with van der Waals surface area (Å²) in [4.78, 5) is 12.8. The van der Waals surface area contributed by atoms with E-state index in [2.05, 4.69) is 50.3 Å². The quantitative estimate of drug-likeness (QED) is 0.677. The fourth-order valence-corrected chi connectivity index (χ4v) is 5.06. The summed E-state index contributed by atoms with van der Waals surface area (Å²) in [6.07, 6.45) is 6.94. The number of fused-ring (bicyclic) bond motifs is 2. The van der Waals surface area contributed by atoms with Crippen molar-refractivity contribution in [2.75, 3.05) is 0 Å². The zero-order valence-corrected chi connectivity index (χ0v) is 13.1. The van der Waals surface area contributed by atoms with E-state index in [1.807, 2.05) is 0 Å². The van der Waals surface area contributed by atoms with Gasteiger partial charge in [-0.05, 0) is 22.6 Å². The molecule has 0 aromatic heterocycles. The first-order valence-corrected chi connectivity index (χ1v) is 8.22. The van der Waals surface area contributed by atoms with E-state index in [9.17, 15) is 4.79 Å². The van der Waals surface area contributed by atoms with Gasteiger partial charge < -0.3 is 4.74 Å². The normalized spacial score (nSPS) is 36.7. The number of carbonyl (C=O) groups is 1. The summed E-state index contributed by atoms with van der Waals surface area (Å²) in [5, 5.41) is 0. The zero-order chi connectivity index (χ0) is 15.1. The van der Waals surface area contributed by atoms with Gasteiger partial charge in [-0.15, -0.1) is 0 Å². The maximum absolute atomic E-state index is 12.8. The van der Waals surface area contributed by atoms with Crippen LogP contribution in [0, 0.1) is 11.3 Å². The van der Waals surface area contributed by atoms with Crippen molar-refractivity contribution in [3.8, 4) is 0 Å². The molecule has 1 heterocycles. The zero-order valence-electron chi connectivity index (χ0n) is 13.1. The fourth-order valence-electron chi connectivity index (χ4n) is 5.06. The van der Waals surface area contributed by atoms with Gasteiger partial charge in [0, 0.05) is 36.7 Å². The van der Waals surface area contributed by atoms with Crippen LogP contribution < -0.4 is 0 Å². The summed E-state index contributed by atoms with van der Waals surface area (Å²) in [6.45, 7) is 4.33. The molecule has 0 amide bonds. The Morgan fingerprint density at radius 2 is 1.95 bits per heavy atom. The summed E-state index contributed by atoms with van der Waals surface area (Å²) in [5.74, 6) is 1.81. The van der Waals surface area contributed by atoms with Crippen LogP contribution >= 0.6 is 0 Å². The molecule has 0 spiro atoms. The molecule has 0 fully saturated rings. The number of hydrogen-bond donors (Lipinski definition) is 0. The molecule has 1 aromatic rings. The summed E-state index contributed by atoms with van der Waals surface area (Å²) < 4.78 is 6.48. The molecule has 2 bridgehead atoms. The van der Waals surface area contributed by atoms with Gasteiger partial charge >= 0.3 is 0 Å². The molecule has 4 aliphatic rings. The molecule has 3 aliphatic carbocycles. The highest BCUT2D eigenvalue weighted by Gasteiger charge is 2.60. The third kappa shape index (κ3) is 1.43. The molecule has 22 heavy (non-hydrogen) atoms. The van der Waals surface area contributed by atoms with E-state index >= 15 is 0 Å². The van der Waals surface area contributed by atoms with Gasteiger partial charge in [-0.1, -0.05) is 44.2 Å². The molecule has 2 heteroatoms. The average molecular weight is 292 g/mol. The van der Waals surface area contributed by atoms with E-state index in [0.717, 1.165) is 24.2 Å². The van der Waals surface area contributed by atoms with Crippen molar-refractivity contribution >= 4 is 5.78 Å². The lowest BCUT2D eigenvalue weighted by atomic mass is 9.65. The smallest absolute Gasteiger partial charge is 0.163 e. The molecule has 0 N–H and O–H groups in total. The van der Waals surface area contributed by atoms with Crippen molar-refractivity contribution in [2.24, 2.45) is 11.3 Å². The van der Waals surface area contributed by atoms with Gasteiger partial charge in [0.15, 0.2) is 5.78 Å². The number of ketones is 1. The first-order valence-electron chi connectivity index (χ1n) is 8.22. The van der Waals surface area contributed by atoms with Gasteiger partial charge in [0.1, 0.15) is 11.4 Å². The number of carbonyl (C=O) groups excluding carboxylic acids is 1. The lowest BCUT2D eigenvalue weighted by Crippen LogP contribution is -2.41. The monoisotopic (exact) mass is 292 g/mol. The van der Waals surface area contributed by atoms with Gasteiger partial charge in [0.2, 0.25) is 0 Å². The highest BCUT2D eigenvalue weighted by molar-refractivity contribution is 5.99. The predicted molar refractivity (Wildman–Crippen MR) is 84.4 cm³/mol. The Bertz CT molecular complexity index is 768. The Hall–Kier alpha value is -1.83. The molecule has 1 aliphatic heterocycles. The maximum Gasteiger partial charge on any atom is 0.163 e. The van der Waals surface area contributed by atoms with Crippen molar-refractivity contribution in [1.29, 1.82) is 0 Å². The van der Waals surface area contributed by atoms with Crippen molar-refractivity contribution < 1.29 is 9.53 Å². The van der Waals surface area contributed by atoms with Crippen LogP contribution in [0.25, 0.3) is 0 Å². The minimum absolute atomic E-state index is 0.0237. The van der Waals surface area contributed by atoms with Crippen molar-refractivity contribution in [3.63, 3.8) is 0 Å². The Labute approximate surface area is 130 Å². The minimum Gasteiger partial charge on any atom is -0.486 e. The Morgan fingerprint density at radius 1 is 1.14 bits per heavy atom. The molecular formula is C20H20O2. The molecule has 5 rings (SSSR count). The molecule has 112 valence electrons. The molecular weight excluding hydrogens is 272 g/mol. The number of rotatable bonds is 0. The first-order chi connectivity index (χ1) is 10.5. The van der Waals surface area contributed by atoms with Gasteiger partial charge in [-0.2, -0.15) is 0 Å². The molecule has 0 saturated carbocycles. The SMILES string of the molecule is CC1(C)CC(=O)C2=C(C1)O[C@]13C=C[C@H](c4ccccc4C1)[C@H]23. The van der Waals surface area contributed by atoms with Crippen LogP contribution in [0.15, 0.2) is 47.7 Å². The molecule has 0 unspecified atom stereocenters. The van der Waals surface area contributed by atoms with E-state index in [-0.39, 0.29) is 16.9 Å². The summed E-state index contributed by atoms with van der Waals surface area (Å²) >= 11 is 0. The Morgan fingerprint density at radius 3 is 2.82 bits per heavy atom. The lowest BCUT2D eigenvalue weighted by Gasteiger charge is -2.37. The molecule has 1 aromatic carbocycles. The van der Waals surface area contributed by atoms with Crippen molar-refractivity contribution in [2.45, 2.75) is 44.6 Å². The third-order valence-corrected chi connectivity index (χ3v) is 5.86. The first kappa shape index (κ1) is 12.7. The number of ether oxygens (including phenoxy) is 1. The number of benzene rings is 1. The summed E-state index contributed by atoms with van der Waals surface area (Å²) in [7, 11) is 0. The Balaban J connectivity index is 1.67. The van der Waals surface area contributed by atoms with Crippen LogP contribution in [0.3, 0.4) is 0 Å². The molecule has 3 atom stereocenters. The second-order valence-electron chi connectivity index (χ2n) is 8.07. The van der Waals surface area contributed by atoms with Crippen molar-refractivity contribution in [1.82, 2.24) is 0 Å². The highest BCUT2D eigenvalue weighted by Crippen LogP contribution is 2.60.